The molecule has 208 valence electrons. The Kier molecular flexibility index (Phi) is 7.18. The normalized spacial score (nSPS) is 19.0. The van der Waals surface area contributed by atoms with Crippen LogP contribution < -0.4 is 4.90 Å². The molecule has 2 aliphatic rings. The van der Waals surface area contributed by atoms with Gasteiger partial charge in [-0.3, -0.25) is 14.7 Å². The standard InChI is InChI=1S/C31H41N5O3/c1-19(2)27-24-18-23(8-9-25(24)33-28(27)22-16-20(3)32-21(4)17-22)36-11-10-26(29(36)37)34-12-14-35(15-13-34)30(38)39-31(5,6)7/h8-9,16-19,26,33H,10-15H2,1-7H3. The van der Waals surface area contributed by atoms with Crippen LogP contribution in [-0.4, -0.2) is 76.1 Å². The average Bonchev–Trinajstić information content (AvgIpc) is 3.43. The lowest BCUT2D eigenvalue weighted by Gasteiger charge is -2.37. The minimum absolute atomic E-state index is 0.141. The maximum Gasteiger partial charge on any atom is 0.410 e. The Morgan fingerprint density at radius 3 is 2.31 bits per heavy atom. The number of aromatic nitrogens is 2. The van der Waals surface area contributed by atoms with Gasteiger partial charge < -0.3 is 19.5 Å². The summed E-state index contributed by atoms with van der Waals surface area (Å²) < 4.78 is 5.52. The van der Waals surface area contributed by atoms with E-state index in [1.807, 2.05) is 39.5 Å². The van der Waals surface area contributed by atoms with Gasteiger partial charge in [-0.1, -0.05) is 13.8 Å². The number of amides is 2. The summed E-state index contributed by atoms with van der Waals surface area (Å²) in [5, 5.41) is 1.16. The predicted octanol–water partition coefficient (Wildman–Crippen LogP) is 5.63. The number of rotatable bonds is 4. The number of carbonyl (C=O) groups excluding carboxylic acids is 2. The summed E-state index contributed by atoms with van der Waals surface area (Å²) in [6, 6.07) is 10.4. The highest BCUT2D eigenvalue weighted by Gasteiger charge is 2.39. The van der Waals surface area contributed by atoms with Crippen molar-refractivity contribution >= 4 is 28.6 Å². The molecule has 0 radical (unpaired) electrons. The number of carbonyl (C=O) groups is 2. The van der Waals surface area contributed by atoms with Gasteiger partial charge in [0.25, 0.3) is 0 Å². The molecule has 4 heterocycles. The monoisotopic (exact) mass is 531 g/mol. The zero-order valence-electron chi connectivity index (χ0n) is 24.3. The van der Waals surface area contributed by atoms with Crippen molar-refractivity contribution in [3.8, 4) is 11.3 Å². The van der Waals surface area contributed by atoms with Crippen molar-refractivity contribution < 1.29 is 14.3 Å². The molecule has 2 aliphatic heterocycles. The molecule has 1 aromatic carbocycles. The van der Waals surface area contributed by atoms with Crippen LogP contribution in [-0.2, 0) is 9.53 Å². The number of hydrogen-bond donors (Lipinski definition) is 1. The molecule has 0 aliphatic carbocycles. The Labute approximate surface area is 231 Å². The van der Waals surface area contributed by atoms with Gasteiger partial charge in [0, 0.05) is 66.3 Å². The number of anilines is 1. The molecule has 1 atom stereocenters. The van der Waals surface area contributed by atoms with Crippen molar-refractivity contribution in [1.82, 2.24) is 19.8 Å². The van der Waals surface area contributed by atoms with E-state index in [0.717, 1.165) is 45.7 Å². The number of nitrogens with one attached hydrogen (secondary N) is 1. The Hall–Kier alpha value is -3.39. The summed E-state index contributed by atoms with van der Waals surface area (Å²) >= 11 is 0. The quantitative estimate of drug-likeness (QED) is 0.472. The number of piperazine rings is 1. The lowest BCUT2D eigenvalue weighted by Crippen LogP contribution is -2.54. The summed E-state index contributed by atoms with van der Waals surface area (Å²) in [5.41, 5.74) is 7.03. The zero-order valence-corrected chi connectivity index (χ0v) is 24.3. The minimum Gasteiger partial charge on any atom is -0.444 e. The second-order valence-electron chi connectivity index (χ2n) is 12.2. The van der Waals surface area contributed by atoms with Gasteiger partial charge >= 0.3 is 6.09 Å². The topological polar surface area (TPSA) is 81.8 Å². The smallest absolute Gasteiger partial charge is 0.410 e. The van der Waals surface area contributed by atoms with E-state index in [-0.39, 0.29) is 18.0 Å². The molecule has 8 nitrogen and oxygen atoms in total. The number of pyridine rings is 1. The van der Waals surface area contributed by atoms with E-state index in [0.29, 0.717) is 38.6 Å². The molecular formula is C31H41N5O3. The molecule has 0 bridgehead atoms. The number of hydrogen-bond acceptors (Lipinski definition) is 5. The lowest BCUT2D eigenvalue weighted by molar-refractivity contribution is -0.122. The van der Waals surface area contributed by atoms with Crippen LogP contribution in [0.2, 0.25) is 0 Å². The maximum atomic E-state index is 13.6. The molecule has 5 rings (SSSR count). The second-order valence-corrected chi connectivity index (χ2v) is 12.2. The third kappa shape index (κ3) is 5.53. The highest BCUT2D eigenvalue weighted by Crippen LogP contribution is 2.38. The van der Waals surface area contributed by atoms with E-state index < -0.39 is 5.60 Å². The lowest BCUT2D eigenvalue weighted by atomic mass is 9.95. The molecule has 3 aromatic rings. The summed E-state index contributed by atoms with van der Waals surface area (Å²) in [4.78, 5) is 40.2. The van der Waals surface area contributed by atoms with Crippen LogP contribution in [0.15, 0.2) is 30.3 Å². The third-order valence-corrected chi connectivity index (χ3v) is 7.67. The molecule has 2 saturated heterocycles. The first-order valence-corrected chi connectivity index (χ1v) is 14.1. The van der Waals surface area contributed by atoms with Gasteiger partial charge in [-0.2, -0.15) is 0 Å². The fourth-order valence-electron chi connectivity index (χ4n) is 5.98. The van der Waals surface area contributed by atoms with Crippen LogP contribution in [0.3, 0.4) is 0 Å². The predicted molar refractivity (Wildman–Crippen MR) is 155 cm³/mol. The first-order valence-electron chi connectivity index (χ1n) is 14.1. The third-order valence-electron chi connectivity index (χ3n) is 7.67. The number of nitrogens with zero attached hydrogens (tertiary/aromatic N) is 4. The fourth-order valence-corrected chi connectivity index (χ4v) is 5.98. The first kappa shape index (κ1) is 27.2. The summed E-state index contributed by atoms with van der Waals surface area (Å²) in [7, 11) is 0. The number of H-pyrrole nitrogens is 1. The molecule has 1 unspecified atom stereocenters. The molecule has 39 heavy (non-hydrogen) atoms. The molecule has 2 fully saturated rings. The molecule has 1 N–H and O–H groups in total. The van der Waals surface area contributed by atoms with E-state index in [1.165, 1.54) is 5.56 Å². The number of aromatic amines is 1. The van der Waals surface area contributed by atoms with Crippen molar-refractivity contribution in [2.45, 2.75) is 72.4 Å². The summed E-state index contributed by atoms with van der Waals surface area (Å²) in [5.74, 6) is 0.448. The second kappa shape index (κ2) is 10.3. The highest BCUT2D eigenvalue weighted by atomic mass is 16.6. The zero-order chi connectivity index (χ0) is 28.1. The fraction of sp³-hybridized carbons (Fsp3) is 0.516. The van der Waals surface area contributed by atoms with Crippen LogP contribution >= 0.6 is 0 Å². The van der Waals surface area contributed by atoms with Crippen LogP contribution in [0, 0.1) is 13.8 Å². The van der Waals surface area contributed by atoms with E-state index >= 15 is 0 Å². The van der Waals surface area contributed by atoms with Gasteiger partial charge in [-0.25, -0.2) is 4.79 Å². The minimum atomic E-state index is -0.511. The van der Waals surface area contributed by atoms with E-state index in [1.54, 1.807) is 4.90 Å². The van der Waals surface area contributed by atoms with Gasteiger partial charge in [0.2, 0.25) is 5.91 Å². The molecule has 8 heteroatoms. The van der Waals surface area contributed by atoms with Gasteiger partial charge in [0.15, 0.2) is 0 Å². The van der Waals surface area contributed by atoms with E-state index in [9.17, 15) is 9.59 Å². The largest absolute Gasteiger partial charge is 0.444 e. The molecule has 0 saturated carbocycles. The number of fused-ring (bicyclic) bond motifs is 1. The van der Waals surface area contributed by atoms with Crippen molar-refractivity contribution in [2.75, 3.05) is 37.6 Å². The van der Waals surface area contributed by atoms with Crippen molar-refractivity contribution in [1.29, 1.82) is 0 Å². The average molecular weight is 532 g/mol. The van der Waals surface area contributed by atoms with Crippen LogP contribution in [0.1, 0.15) is 63.9 Å². The van der Waals surface area contributed by atoms with Crippen LogP contribution in [0.4, 0.5) is 10.5 Å². The van der Waals surface area contributed by atoms with Gasteiger partial charge in [-0.05, 0) is 82.9 Å². The highest BCUT2D eigenvalue weighted by molar-refractivity contribution is 6.02. The summed E-state index contributed by atoms with van der Waals surface area (Å²) in [6.45, 7) is 17.3. The van der Waals surface area contributed by atoms with Gasteiger partial charge in [0.1, 0.15) is 5.60 Å². The van der Waals surface area contributed by atoms with Crippen LogP contribution in [0.5, 0.6) is 0 Å². The maximum absolute atomic E-state index is 13.6. The van der Waals surface area contributed by atoms with Gasteiger partial charge in [0.05, 0.1) is 11.7 Å². The number of aryl methyl sites for hydroxylation is 2. The Morgan fingerprint density at radius 2 is 1.69 bits per heavy atom. The van der Waals surface area contributed by atoms with E-state index in [4.69, 9.17) is 4.74 Å². The SMILES string of the molecule is Cc1cc(-c2[nH]c3ccc(N4CCC(N5CCN(C(=O)OC(C)(C)C)CC5)C4=O)cc3c2C(C)C)cc(C)n1. The van der Waals surface area contributed by atoms with Crippen LogP contribution in [0.25, 0.3) is 22.2 Å². The molecule has 0 spiro atoms. The molecule has 2 aromatic heterocycles. The number of ether oxygens (including phenoxy) is 1. The molecular weight excluding hydrogens is 490 g/mol. The Bertz CT molecular complexity index is 1370. The van der Waals surface area contributed by atoms with Crippen molar-refractivity contribution in [2.24, 2.45) is 0 Å². The van der Waals surface area contributed by atoms with Gasteiger partial charge in [-0.15, -0.1) is 0 Å². The first-order chi connectivity index (χ1) is 18.4. The van der Waals surface area contributed by atoms with Crippen molar-refractivity contribution in [3.63, 3.8) is 0 Å². The molecule has 2 amide bonds. The number of benzene rings is 1. The Morgan fingerprint density at radius 1 is 1.03 bits per heavy atom. The summed E-state index contributed by atoms with van der Waals surface area (Å²) in [6.07, 6.45) is 0.507. The van der Waals surface area contributed by atoms with E-state index in [2.05, 4.69) is 59.0 Å². The Balaban J connectivity index is 1.35. The van der Waals surface area contributed by atoms with Crippen molar-refractivity contribution in [3.05, 3.63) is 47.3 Å².